The van der Waals surface area contributed by atoms with E-state index in [9.17, 15) is 9.59 Å². The molecule has 0 aliphatic rings. The number of aryl methyl sites for hydroxylation is 1. The number of esters is 1. The summed E-state index contributed by atoms with van der Waals surface area (Å²) in [5.41, 5.74) is 3.15. The van der Waals surface area contributed by atoms with Crippen LogP contribution < -0.4 is 5.32 Å². The van der Waals surface area contributed by atoms with Crippen LogP contribution in [0.15, 0.2) is 42.5 Å². The number of amides is 1. The van der Waals surface area contributed by atoms with E-state index in [1.54, 1.807) is 12.1 Å². The molecule has 5 heteroatoms. The summed E-state index contributed by atoms with van der Waals surface area (Å²) in [5.74, 6) is -0.163. The fourth-order valence-corrected chi connectivity index (χ4v) is 2.61. The number of nitrogens with one attached hydrogen (secondary N) is 1. The molecule has 0 aliphatic carbocycles. The maximum absolute atomic E-state index is 12.1. The van der Waals surface area contributed by atoms with Gasteiger partial charge < -0.3 is 10.1 Å². The van der Waals surface area contributed by atoms with Crippen molar-refractivity contribution in [1.29, 1.82) is 0 Å². The van der Waals surface area contributed by atoms with Gasteiger partial charge >= 0.3 is 5.97 Å². The lowest BCUT2D eigenvalue weighted by molar-refractivity contribution is -0.116. The number of hydrogen-bond donors (Lipinski definition) is 1. The Morgan fingerprint density at radius 1 is 1.12 bits per heavy atom. The first-order valence-corrected chi connectivity index (χ1v) is 8.55. The molecule has 2 rings (SSSR count). The van der Waals surface area contributed by atoms with Gasteiger partial charge in [0, 0.05) is 12.1 Å². The second kappa shape index (κ2) is 8.67. The van der Waals surface area contributed by atoms with Gasteiger partial charge in [-0.1, -0.05) is 49.7 Å². The van der Waals surface area contributed by atoms with E-state index < -0.39 is 5.97 Å². The maximum Gasteiger partial charge on any atom is 0.339 e. The van der Waals surface area contributed by atoms with E-state index >= 15 is 0 Å². The summed E-state index contributed by atoms with van der Waals surface area (Å²) in [6, 6.07) is 13.0. The molecule has 25 heavy (non-hydrogen) atoms. The molecule has 0 aliphatic heterocycles. The average molecular weight is 360 g/mol. The number of benzene rings is 2. The Morgan fingerprint density at radius 2 is 1.80 bits per heavy atom. The largest absolute Gasteiger partial charge is 0.465 e. The van der Waals surface area contributed by atoms with Crippen LogP contribution in [0.2, 0.25) is 5.02 Å². The van der Waals surface area contributed by atoms with E-state index in [1.807, 2.05) is 0 Å². The third-order valence-corrected chi connectivity index (χ3v) is 4.27. The van der Waals surface area contributed by atoms with Crippen molar-refractivity contribution in [2.75, 3.05) is 12.4 Å². The van der Waals surface area contributed by atoms with E-state index in [1.165, 1.54) is 18.7 Å². The van der Waals surface area contributed by atoms with Crippen LogP contribution in [0.4, 0.5) is 5.69 Å². The van der Waals surface area contributed by atoms with Gasteiger partial charge in [-0.3, -0.25) is 4.79 Å². The van der Waals surface area contributed by atoms with Gasteiger partial charge in [-0.2, -0.15) is 0 Å². The van der Waals surface area contributed by atoms with Gasteiger partial charge in [0.15, 0.2) is 0 Å². The molecule has 0 heterocycles. The summed E-state index contributed by atoms with van der Waals surface area (Å²) < 4.78 is 4.67. The second-order valence-corrected chi connectivity index (χ2v) is 6.54. The lowest BCUT2D eigenvalue weighted by atomic mass is 10.0. The van der Waals surface area contributed by atoms with Gasteiger partial charge in [0.1, 0.15) is 0 Å². The summed E-state index contributed by atoms with van der Waals surface area (Å²) in [6.45, 7) is 4.30. The topological polar surface area (TPSA) is 55.4 Å². The fraction of sp³-hybridized carbons (Fsp3) is 0.300. The third-order valence-electron chi connectivity index (χ3n) is 3.94. The molecule has 1 amide bonds. The first-order chi connectivity index (χ1) is 11.9. The van der Waals surface area contributed by atoms with Crippen LogP contribution in [0.3, 0.4) is 0 Å². The highest BCUT2D eigenvalue weighted by Crippen LogP contribution is 2.22. The minimum absolute atomic E-state index is 0.119. The zero-order valence-corrected chi connectivity index (χ0v) is 15.4. The molecule has 0 aromatic heterocycles. The molecule has 4 nitrogen and oxygen atoms in total. The van der Waals surface area contributed by atoms with Crippen molar-refractivity contribution in [3.63, 3.8) is 0 Å². The van der Waals surface area contributed by atoms with Crippen LogP contribution >= 0.6 is 11.6 Å². The Morgan fingerprint density at radius 3 is 2.40 bits per heavy atom. The molecule has 0 fully saturated rings. The highest BCUT2D eigenvalue weighted by molar-refractivity contribution is 6.33. The first kappa shape index (κ1) is 19.0. The van der Waals surface area contributed by atoms with E-state index in [0.717, 1.165) is 5.56 Å². The molecule has 0 unspecified atom stereocenters. The van der Waals surface area contributed by atoms with Gasteiger partial charge in [0.05, 0.1) is 17.7 Å². The lowest BCUT2D eigenvalue weighted by Gasteiger charge is -2.09. The van der Waals surface area contributed by atoms with Crippen molar-refractivity contribution in [2.45, 2.75) is 32.6 Å². The van der Waals surface area contributed by atoms with Crippen LogP contribution in [-0.2, 0) is 16.0 Å². The van der Waals surface area contributed by atoms with Gasteiger partial charge in [-0.25, -0.2) is 4.79 Å². The van der Waals surface area contributed by atoms with Gasteiger partial charge in [-0.15, -0.1) is 0 Å². The number of anilines is 1. The minimum atomic E-state index is -0.536. The van der Waals surface area contributed by atoms with E-state index in [-0.39, 0.29) is 16.5 Å². The zero-order valence-electron chi connectivity index (χ0n) is 14.6. The smallest absolute Gasteiger partial charge is 0.339 e. The Bertz CT molecular complexity index is 754. The Hall–Kier alpha value is -2.33. The Labute approximate surface area is 153 Å². The van der Waals surface area contributed by atoms with E-state index in [2.05, 4.69) is 48.2 Å². The Balaban J connectivity index is 1.95. The predicted molar refractivity (Wildman–Crippen MR) is 100 cm³/mol. The number of carbonyl (C=O) groups is 2. The normalized spacial score (nSPS) is 10.6. The highest BCUT2D eigenvalue weighted by Gasteiger charge is 2.12. The number of methoxy groups -OCH3 is 1. The quantitative estimate of drug-likeness (QED) is 0.752. The van der Waals surface area contributed by atoms with Crippen LogP contribution in [0.5, 0.6) is 0 Å². The molecule has 2 aromatic carbocycles. The average Bonchev–Trinajstić information content (AvgIpc) is 2.61. The summed E-state index contributed by atoms with van der Waals surface area (Å²) >= 11 is 5.97. The number of ether oxygens (including phenoxy) is 1. The molecule has 1 N–H and O–H groups in total. The molecular formula is C20H22ClNO3. The SMILES string of the molecule is COC(=O)c1cc(NC(=O)CCc2ccc(C(C)C)cc2)ccc1Cl. The molecular weight excluding hydrogens is 338 g/mol. The summed E-state index contributed by atoms with van der Waals surface area (Å²) in [7, 11) is 1.29. The van der Waals surface area contributed by atoms with Crippen molar-refractivity contribution < 1.29 is 14.3 Å². The Kier molecular flexibility index (Phi) is 6.59. The molecule has 2 aromatic rings. The molecule has 0 bridgehead atoms. The van der Waals surface area contributed by atoms with Gasteiger partial charge in [0.2, 0.25) is 5.91 Å². The number of hydrogen-bond acceptors (Lipinski definition) is 3. The summed E-state index contributed by atoms with van der Waals surface area (Å²) in [5, 5.41) is 3.07. The van der Waals surface area contributed by atoms with Crippen LogP contribution in [0, 0.1) is 0 Å². The van der Waals surface area contributed by atoms with Crippen LogP contribution in [0.1, 0.15) is 47.7 Å². The van der Waals surface area contributed by atoms with Crippen molar-refractivity contribution in [3.8, 4) is 0 Å². The van der Waals surface area contributed by atoms with E-state index in [4.69, 9.17) is 11.6 Å². The highest BCUT2D eigenvalue weighted by atomic mass is 35.5. The molecule has 0 atom stereocenters. The molecule has 0 saturated carbocycles. The van der Waals surface area contributed by atoms with Gasteiger partial charge in [-0.05, 0) is 41.7 Å². The molecule has 0 radical (unpaired) electrons. The fourth-order valence-electron chi connectivity index (χ4n) is 2.42. The van der Waals surface area contributed by atoms with Gasteiger partial charge in [0.25, 0.3) is 0 Å². The van der Waals surface area contributed by atoms with Crippen LogP contribution in [0.25, 0.3) is 0 Å². The first-order valence-electron chi connectivity index (χ1n) is 8.17. The molecule has 0 saturated heterocycles. The lowest BCUT2D eigenvalue weighted by Crippen LogP contribution is -2.13. The van der Waals surface area contributed by atoms with Crippen molar-refractivity contribution >= 4 is 29.2 Å². The summed E-state index contributed by atoms with van der Waals surface area (Å²) in [4.78, 5) is 23.8. The van der Waals surface area contributed by atoms with Crippen LogP contribution in [-0.4, -0.2) is 19.0 Å². The minimum Gasteiger partial charge on any atom is -0.465 e. The number of carbonyl (C=O) groups excluding carboxylic acids is 2. The standard InChI is InChI=1S/C20H22ClNO3/c1-13(2)15-7-4-14(5-8-15)6-11-19(23)22-16-9-10-18(21)17(12-16)20(24)25-3/h4-5,7-10,12-13H,6,11H2,1-3H3,(H,22,23). The predicted octanol–water partition coefficient (Wildman–Crippen LogP) is 4.82. The van der Waals surface area contributed by atoms with E-state index in [0.29, 0.717) is 24.4 Å². The number of halogens is 1. The monoisotopic (exact) mass is 359 g/mol. The zero-order chi connectivity index (χ0) is 18.4. The third kappa shape index (κ3) is 5.33. The van der Waals surface area contributed by atoms with Crippen molar-refractivity contribution in [1.82, 2.24) is 0 Å². The summed E-state index contributed by atoms with van der Waals surface area (Å²) in [6.07, 6.45) is 1.01. The second-order valence-electron chi connectivity index (χ2n) is 6.13. The number of rotatable bonds is 6. The molecule has 0 spiro atoms. The molecule has 132 valence electrons. The van der Waals surface area contributed by atoms with Crippen molar-refractivity contribution in [2.24, 2.45) is 0 Å². The maximum atomic E-state index is 12.1. The van der Waals surface area contributed by atoms with Crippen molar-refractivity contribution in [3.05, 3.63) is 64.2 Å².